The van der Waals surface area contributed by atoms with E-state index in [-0.39, 0.29) is 35.8 Å². The van der Waals surface area contributed by atoms with Gasteiger partial charge in [0, 0.05) is 49.4 Å². The fourth-order valence-corrected chi connectivity index (χ4v) is 6.13. The Morgan fingerprint density at radius 2 is 2.08 bits per heavy atom. The second-order valence-electron chi connectivity index (χ2n) is 8.33. The highest BCUT2D eigenvalue weighted by atomic mass is 35.5. The first-order chi connectivity index (χ1) is 16.9. The van der Waals surface area contributed by atoms with Gasteiger partial charge in [0.25, 0.3) is 0 Å². The van der Waals surface area contributed by atoms with Crippen LogP contribution in [0.1, 0.15) is 6.42 Å². The van der Waals surface area contributed by atoms with E-state index in [1.54, 1.807) is 31.5 Å². The Bertz CT molecular complexity index is 1370. The SMILES string of the molecule is COc1ccc2nccc(N3CCC(NCCNS(=O)(=O)c4ccc5c(c4)NC(=O)CS5)C3)c2n1.Cl. The lowest BCUT2D eigenvalue weighted by Crippen LogP contribution is -2.38. The standard InChI is InChI=1S/C23H26N6O4S2.ClH/c1-33-22-5-3-17-23(28-22)19(6-8-25-17)29-11-7-15(13-29)24-9-10-26-35(31,32)16-2-4-20-18(12-16)27-21(30)14-34-20;/h2-6,8,12,15,24,26H,7,9-11,13-14H2,1H3,(H,27,30);1H. The number of amides is 1. The van der Waals surface area contributed by atoms with E-state index in [9.17, 15) is 13.2 Å². The Morgan fingerprint density at radius 1 is 1.22 bits per heavy atom. The van der Waals surface area contributed by atoms with Crippen molar-refractivity contribution in [1.29, 1.82) is 0 Å². The molecule has 192 valence electrons. The van der Waals surface area contributed by atoms with E-state index in [1.165, 1.54) is 17.8 Å². The number of benzene rings is 1. The molecule has 1 fully saturated rings. The third kappa shape index (κ3) is 5.68. The molecule has 0 spiro atoms. The van der Waals surface area contributed by atoms with Crippen molar-refractivity contribution in [2.24, 2.45) is 0 Å². The van der Waals surface area contributed by atoms with Gasteiger partial charge < -0.3 is 20.3 Å². The molecule has 2 aliphatic heterocycles. The van der Waals surface area contributed by atoms with Gasteiger partial charge in [-0.3, -0.25) is 9.78 Å². The van der Waals surface area contributed by atoms with Crippen molar-refractivity contribution in [2.45, 2.75) is 22.3 Å². The summed E-state index contributed by atoms with van der Waals surface area (Å²) < 4.78 is 33.4. The lowest BCUT2D eigenvalue weighted by Gasteiger charge is -2.20. The van der Waals surface area contributed by atoms with E-state index in [0.717, 1.165) is 41.1 Å². The average Bonchev–Trinajstić information content (AvgIpc) is 3.34. The number of aromatic nitrogens is 2. The van der Waals surface area contributed by atoms with Crippen molar-refractivity contribution >= 4 is 62.5 Å². The van der Waals surface area contributed by atoms with Crippen LogP contribution >= 0.6 is 24.2 Å². The Morgan fingerprint density at radius 3 is 2.92 bits per heavy atom. The summed E-state index contributed by atoms with van der Waals surface area (Å²) in [6.45, 7) is 2.40. The quantitative estimate of drug-likeness (QED) is 0.362. The molecule has 1 saturated heterocycles. The fourth-order valence-electron chi connectivity index (χ4n) is 4.28. The molecule has 1 amide bonds. The molecule has 13 heteroatoms. The zero-order valence-electron chi connectivity index (χ0n) is 19.6. The molecule has 3 N–H and O–H groups in total. The van der Waals surface area contributed by atoms with E-state index in [4.69, 9.17) is 4.74 Å². The number of sulfonamides is 1. The van der Waals surface area contributed by atoms with E-state index < -0.39 is 10.0 Å². The van der Waals surface area contributed by atoms with Gasteiger partial charge in [-0.25, -0.2) is 18.1 Å². The van der Waals surface area contributed by atoms with Gasteiger partial charge in [0.15, 0.2) is 0 Å². The first kappa shape index (κ1) is 26.4. The molecule has 4 heterocycles. The van der Waals surface area contributed by atoms with Gasteiger partial charge in [0.1, 0.15) is 5.52 Å². The molecule has 2 aliphatic rings. The highest BCUT2D eigenvalue weighted by Gasteiger charge is 2.25. The molecule has 0 radical (unpaired) electrons. The number of rotatable bonds is 8. The van der Waals surface area contributed by atoms with Crippen LogP contribution in [0.5, 0.6) is 5.88 Å². The van der Waals surface area contributed by atoms with Crippen LogP contribution in [-0.4, -0.2) is 69.4 Å². The maximum absolute atomic E-state index is 12.7. The molecule has 36 heavy (non-hydrogen) atoms. The minimum Gasteiger partial charge on any atom is -0.481 e. The van der Waals surface area contributed by atoms with Crippen LogP contribution in [0.15, 0.2) is 52.4 Å². The van der Waals surface area contributed by atoms with E-state index >= 15 is 0 Å². The molecular weight excluding hydrogens is 524 g/mol. The lowest BCUT2D eigenvalue weighted by atomic mass is 10.2. The molecule has 10 nitrogen and oxygen atoms in total. The summed E-state index contributed by atoms with van der Waals surface area (Å²) >= 11 is 1.40. The smallest absolute Gasteiger partial charge is 0.240 e. The van der Waals surface area contributed by atoms with Gasteiger partial charge in [0.05, 0.1) is 34.6 Å². The maximum Gasteiger partial charge on any atom is 0.240 e. The first-order valence-electron chi connectivity index (χ1n) is 11.3. The van der Waals surface area contributed by atoms with Gasteiger partial charge >= 0.3 is 0 Å². The maximum atomic E-state index is 12.7. The third-order valence-corrected chi connectivity index (χ3v) is 8.55. The van der Waals surface area contributed by atoms with Crippen molar-refractivity contribution in [3.05, 3.63) is 42.6 Å². The van der Waals surface area contributed by atoms with Gasteiger partial charge in [0.2, 0.25) is 21.8 Å². The largest absolute Gasteiger partial charge is 0.481 e. The van der Waals surface area contributed by atoms with Crippen molar-refractivity contribution in [1.82, 2.24) is 20.0 Å². The monoisotopic (exact) mass is 550 g/mol. The van der Waals surface area contributed by atoms with Gasteiger partial charge in [-0.15, -0.1) is 24.2 Å². The van der Waals surface area contributed by atoms with Crippen LogP contribution in [0.4, 0.5) is 11.4 Å². The second-order valence-corrected chi connectivity index (χ2v) is 11.1. The summed E-state index contributed by atoms with van der Waals surface area (Å²) in [5.74, 6) is 0.756. The summed E-state index contributed by atoms with van der Waals surface area (Å²) in [5.41, 5.74) is 3.17. The van der Waals surface area contributed by atoms with Crippen LogP contribution in [-0.2, 0) is 14.8 Å². The van der Waals surface area contributed by atoms with Crippen molar-refractivity contribution < 1.29 is 17.9 Å². The second kappa shape index (κ2) is 11.2. The van der Waals surface area contributed by atoms with Crippen molar-refractivity contribution in [2.75, 3.05) is 49.3 Å². The summed E-state index contributed by atoms with van der Waals surface area (Å²) in [6, 6.07) is 10.7. The number of hydrogen-bond acceptors (Lipinski definition) is 9. The van der Waals surface area contributed by atoms with Crippen molar-refractivity contribution in [3.8, 4) is 5.88 Å². The van der Waals surface area contributed by atoms with Gasteiger partial charge in [-0.2, -0.15) is 0 Å². The Labute approximate surface area is 220 Å². The van der Waals surface area contributed by atoms with Crippen LogP contribution in [0, 0.1) is 0 Å². The molecule has 0 saturated carbocycles. The highest BCUT2D eigenvalue weighted by molar-refractivity contribution is 8.00. The predicted molar refractivity (Wildman–Crippen MR) is 143 cm³/mol. The molecule has 1 unspecified atom stereocenters. The number of pyridine rings is 2. The molecule has 0 bridgehead atoms. The summed E-state index contributed by atoms with van der Waals surface area (Å²) in [4.78, 5) is 23.9. The fraction of sp³-hybridized carbons (Fsp3) is 0.348. The number of thioether (sulfide) groups is 1. The van der Waals surface area contributed by atoms with E-state index in [1.807, 2.05) is 12.1 Å². The summed E-state index contributed by atoms with van der Waals surface area (Å²) in [7, 11) is -2.09. The molecular formula is C23H27ClN6O4S2. The number of ether oxygens (including phenoxy) is 1. The normalized spacial score (nSPS) is 17.4. The van der Waals surface area contributed by atoms with Gasteiger partial charge in [-0.1, -0.05) is 0 Å². The Hall–Kier alpha value is -2.64. The third-order valence-electron chi connectivity index (χ3n) is 6.02. The predicted octanol–water partition coefficient (Wildman–Crippen LogP) is 2.25. The minimum atomic E-state index is -3.68. The number of hydrogen-bond donors (Lipinski definition) is 3. The average molecular weight is 551 g/mol. The zero-order valence-corrected chi connectivity index (χ0v) is 22.0. The van der Waals surface area contributed by atoms with Crippen LogP contribution < -0.4 is 25.0 Å². The van der Waals surface area contributed by atoms with Crippen molar-refractivity contribution in [3.63, 3.8) is 0 Å². The molecule has 2 aromatic heterocycles. The summed E-state index contributed by atoms with van der Waals surface area (Å²) in [6.07, 6.45) is 2.72. The summed E-state index contributed by atoms with van der Waals surface area (Å²) in [5, 5.41) is 6.17. The van der Waals surface area contributed by atoms with E-state index in [2.05, 4.69) is 30.2 Å². The number of halogens is 1. The topological polar surface area (TPSA) is 126 Å². The molecule has 1 aromatic carbocycles. The lowest BCUT2D eigenvalue weighted by molar-refractivity contribution is -0.113. The first-order valence-corrected chi connectivity index (χ1v) is 13.7. The number of anilines is 2. The molecule has 5 rings (SSSR count). The minimum absolute atomic E-state index is 0. The number of methoxy groups -OCH3 is 1. The highest BCUT2D eigenvalue weighted by Crippen LogP contribution is 2.33. The Kier molecular flexibility index (Phi) is 8.20. The molecule has 1 atom stereocenters. The number of carbonyl (C=O) groups excluding carboxylic acids is 1. The van der Waals surface area contributed by atoms with Gasteiger partial charge in [-0.05, 0) is 36.8 Å². The number of nitrogens with one attached hydrogen (secondary N) is 3. The molecule has 0 aliphatic carbocycles. The molecule has 3 aromatic rings. The number of carbonyl (C=O) groups is 1. The van der Waals surface area contributed by atoms with Crippen LogP contribution in [0.25, 0.3) is 11.0 Å². The zero-order chi connectivity index (χ0) is 24.4. The van der Waals surface area contributed by atoms with E-state index in [0.29, 0.717) is 23.9 Å². The number of fused-ring (bicyclic) bond motifs is 2. The van der Waals surface area contributed by atoms with Crippen LogP contribution in [0.2, 0.25) is 0 Å². The Balaban J connectivity index is 0.00000304. The van der Waals surface area contributed by atoms with Crippen LogP contribution in [0.3, 0.4) is 0 Å². The number of nitrogens with zero attached hydrogens (tertiary/aromatic N) is 3.